The minimum atomic E-state index is -0.420. The molecule has 1 aromatic heterocycles. The highest BCUT2D eigenvalue weighted by Gasteiger charge is 2.07. The smallest absolute Gasteiger partial charge is 0.264 e. The first-order valence-corrected chi connectivity index (χ1v) is 6.95. The number of ether oxygens (including phenoxy) is 1. The number of hydrogen-bond acceptors (Lipinski definition) is 5. The average molecular weight is 276 g/mol. The maximum Gasteiger partial charge on any atom is 0.264 e. The van der Waals surface area contributed by atoms with Gasteiger partial charge in [0.05, 0.1) is 6.10 Å². The summed E-state index contributed by atoms with van der Waals surface area (Å²) in [6, 6.07) is 7.38. The molecule has 1 heterocycles. The Morgan fingerprint density at radius 3 is 2.65 bits per heavy atom. The van der Waals surface area contributed by atoms with Crippen LogP contribution >= 0.6 is 0 Å². The van der Waals surface area contributed by atoms with Crippen LogP contribution in [0.15, 0.2) is 28.8 Å². The molecule has 1 atom stereocenters. The molecule has 1 unspecified atom stereocenters. The van der Waals surface area contributed by atoms with E-state index in [1.807, 2.05) is 31.2 Å². The van der Waals surface area contributed by atoms with Gasteiger partial charge in [0.2, 0.25) is 0 Å². The third-order valence-corrected chi connectivity index (χ3v) is 3.00. The molecule has 5 nitrogen and oxygen atoms in total. The topological polar surface area (TPSA) is 68.4 Å². The third-order valence-electron chi connectivity index (χ3n) is 3.00. The summed E-state index contributed by atoms with van der Waals surface area (Å²) in [4.78, 5) is 4.23. The molecule has 0 aliphatic heterocycles. The molecule has 1 aromatic carbocycles. The van der Waals surface area contributed by atoms with Gasteiger partial charge in [-0.05, 0) is 30.5 Å². The van der Waals surface area contributed by atoms with E-state index >= 15 is 0 Å². The monoisotopic (exact) mass is 276 g/mol. The summed E-state index contributed by atoms with van der Waals surface area (Å²) >= 11 is 0. The van der Waals surface area contributed by atoms with Gasteiger partial charge in [0.1, 0.15) is 5.75 Å². The molecule has 0 saturated heterocycles. The lowest BCUT2D eigenvalue weighted by Gasteiger charge is -2.09. The molecule has 0 radical (unpaired) electrons. The summed E-state index contributed by atoms with van der Waals surface area (Å²) in [5.74, 6) is 1.91. The van der Waals surface area contributed by atoms with E-state index in [0.717, 1.165) is 18.4 Å². The van der Waals surface area contributed by atoms with Crippen LogP contribution in [0.2, 0.25) is 0 Å². The van der Waals surface area contributed by atoms with Gasteiger partial charge in [-0.3, -0.25) is 0 Å². The second-order valence-electron chi connectivity index (χ2n) is 4.64. The molecular weight excluding hydrogens is 256 g/mol. The number of hydrogen-bond donors (Lipinski definition) is 1. The van der Waals surface area contributed by atoms with Crippen LogP contribution in [0.4, 0.5) is 0 Å². The average Bonchev–Trinajstić information content (AvgIpc) is 2.93. The predicted molar refractivity (Wildman–Crippen MR) is 74.3 cm³/mol. The molecule has 0 spiro atoms. The predicted octanol–water partition coefficient (Wildman–Crippen LogP) is 3.04. The van der Waals surface area contributed by atoms with E-state index in [9.17, 15) is 5.11 Å². The van der Waals surface area contributed by atoms with Crippen molar-refractivity contribution in [3.8, 4) is 5.75 Å². The molecule has 0 saturated carbocycles. The Balaban J connectivity index is 1.89. The van der Waals surface area contributed by atoms with Crippen molar-refractivity contribution in [2.24, 2.45) is 0 Å². The minimum absolute atomic E-state index is 0.256. The zero-order chi connectivity index (χ0) is 14.4. The maximum absolute atomic E-state index is 9.71. The number of aryl methyl sites for hydroxylation is 1. The second kappa shape index (κ2) is 7.05. The summed E-state index contributed by atoms with van der Waals surface area (Å²) in [7, 11) is 0. The van der Waals surface area contributed by atoms with Crippen LogP contribution in [0, 0.1) is 0 Å². The van der Waals surface area contributed by atoms with Crippen LogP contribution in [0.5, 0.6) is 5.75 Å². The van der Waals surface area contributed by atoms with Gasteiger partial charge < -0.3 is 14.4 Å². The van der Waals surface area contributed by atoms with Gasteiger partial charge in [0.15, 0.2) is 12.4 Å². The van der Waals surface area contributed by atoms with Crippen molar-refractivity contribution in [2.45, 2.75) is 45.8 Å². The summed E-state index contributed by atoms with van der Waals surface area (Å²) in [6.07, 6.45) is 2.08. The molecule has 0 bridgehead atoms. The molecule has 1 N–H and O–H groups in total. The van der Waals surface area contributed by atoms with Crippen LogP contribution in [-0.2, 0) is 13.0 Å². The highest BCUT2D eigenvalue weighted by atomic mass is 16.5. The number of benzene rings is 1. The molecule has 5 heteroatoms. The molecule has 2 aromatic rings. The van der Waals surface area contributed by atoms with Crippen molar-refractivity contribution in [3.63, 3.8) is 0 Å². The first-order chi connectivity index (χ1) is 9.72. The fourth-order valence-corrected chi connectivity index (χ4v) is 1.84. The van der Waals surface area contributed by atoms with Gasteiger partial charge in [0.25, 0.3) is 5.89 Å². The van der Waals surface area contributed by atoms with E-state index in [4.69, 9.17) is 9.26 Å². The van der Waals surface area contributed by atoms with E-state index in [-0.39, 0.29) is 6.61 Å². The summed E-state index contributed by atoms with van der Waals surface area (Å²) < 4.78 is 10.7. The minimum Gasteiger partial charge on any atom is -0.484 e. The Hall–Kier alpha value is -1.88. The third kappa shape index (κ3) is 3.81. The van der Waals surface area contributed by atoms with Crippen molar-refractivity contribution in [1.29, 1.82) is 0 Å². The molecule has 0 aliphatic rings. The van der Waals surface area contributed by atoms with E-state index < -0.39 is 6.10 Å². The van der Waals surface area contributed by atoms with Crippen LogP contribution in [-0.4, -0.2) is 15.2 Å². The lowest BCUT2D eigenvalue weighted by molar-refractivity contribution is 0.173. The molecule has 0 aliphatic carbocycles. The Labute approximate surface area is 118 Å². The number of nitrogens with zero attached hydrogens (tertiary/aromatic N) is 2. The van der Waals surface area contributed by atoms with Crippen LogP contribution in [0.25, 0.3) is 0 Å². The van der Waals surface area contributed by atoms with Crippen LogP contribution in [0.3, 0.4) is 0 Å². The lowest BCUT2D eigenvalue weighted by atomic mass is 10.1. The molecule has 0 fully saturated rings. The Morgan fingerprint density at radius 2 is 2.00 bits per heavy atom. The quantitative estimate of drug-likeness (QED) is 0.841. The van der Waals surface area contributed by atoms with Crippen LogP contribution < -0.4 is 4.74 Å². The van der Waals surface area contributed by atoms with Crippen molar-refractivity contribution < 1.29 is 14.4 Å². The molecule has 20 heavy (non-hydrogen) atoms. The van der Waals surface area contributed by atoms with Gasteiger partial charge >= 0.3 is 0 Å². The standard InChI is InChI=1S/C15H20N2O3/c1-3-5-14-16-15(20-17-14)10-19-12-8-6-11(7-9-12)13(18)4-2/h6-9,13,18H,3-5,10H2,1-2H3. The SMILES string of the molecule is CCCc1noc(COc2ccc(C(O)CC)cc2)n1. The lowest BCUT2D eigenvalue weighted by Crippen LogP contribution is -1.98. The van der Waals surface area contributed by atoms with Gasteiger partial charge in [0, 0.05) is 6.42 Å². The van der Waals surface area contributed by atoms with E-state index in [1.165, 1.54) is 0 Å². The van der Waals surface area contributed by atoms with Crippen molar-refractivity contribution in [1.82, 2.24) is 10.1 Å². The number of aromatic nitrogens is 2. The van der Waals surface area contributed by atoms with E-state index in [2.05, 4.69) is 17.1 Å². The zero-order valence-corrected chi connectivity index (χ0v) is 11.9. The molecule has 0 amide bonds. The van der Waals surface area contributed by atoms with Gasteiger partial charge in [-0.2, -0.15) is 4.98 Å². The summed E-state index contributed by atoms with van der Waals surface area (Å²) in [6.45, 7) is 4.27. The van der Waals surface area contributed by atoms with Gasteiger partial charge in [-0.1, -0.05) is 31.1 Å². The van der Waals surface area contributed by atoms with E-state index in [0.29, 0.717) is 23.9 Å². The maximum atomic E-state index is 9.71. The van der Waals surface area contributed by atoms with Gasteiger partial charge in [-0.15, -0.1) is 0 Å². The normalized spacial score (nSPS) is 12.3. The van der Waals surface area contributed by atoms with E-state index in [1.54, 1.807) is 0 Å². The fourth-order valence-electron chi connectivity index (χ4n) is 1.84. The molecule has 2 rings (SSSR count). The second-order valence-corrected chi connectivity index (χ2v) is 4.64. The van der Waals surface area contributed by atoms with Crippen molar-refractivity contribution in [3.05, 3.63) is 41.5 Å². The van der Waals surface area contributed by atoms with Gasteiger partial charge in [-0.25, -0.2) is 0 Å². The molecule has 108 valence electrons. The highest BCUT2D eigenvalue weighted by Crippen LogP contribution is 2.20. The summed E-state index contributed by atoms with van der Waals surface area (Å²) in [5, 5.41) is 13.6. The van der Waals surface area contributed by atoms with Crippen molar-refractivity contribution in [2.75, 3.05) is 0 Å². The largest absolute Gasteiger partial charge is 0.484 e. The fraction of sp³-hybridized carbons (Fsp3) is 0.467. The number of aliphatic hydroxyl groups is 1. The van der Waals surface area contributed by atoms with Crippen molar-refractivity contribution >= 4 is 0 Å². The van der Waals surface area contributed by atoms with Crippen LogP contribution in [0.1, 0.15) is 50.1 Å². The number of aliphatic hydroxyl groups excluding tert-OH is 1. The molecular formula is C15H20N2O3. The Kier molecular flexibility index (Phi) is 5.12. The Morgan fingerprint density at radius 1 is 1.25 bits per heavy atom. The highest BCUT2D eigenvalue weighted by molar-refractivity contribution is 5.28. The zero-order valence-electron chi connectivity index (χ0n) is 11.9. The first-order valence-electron chi connectivity index (χ1n) is 6.95. The Bertz CT molecular complexity index is 522. The first kappa shape index (κ1) is 14.5. The summed E-state index contributed by atoms with van der Waals surface area (Å²) in [5.41, 5.74) is 0.892. The number of rotatable bonds is 7.